The quantitative estimate of drug-likeness (QED) is 0.398. The second-order valence-electron chi connectivity index (χ2n) is 6.08. The van der Waals surface area contributed by atoms with Gasteiger partial charge in [0.1, 0.15) is 15.4 Å². The highest BCUT2D eigenvalue weighted by molar-refractivity contribution is 7.21. The number of fused-ring (bicyclic) bond motifs is 1. The number of thiazole rings is 1. The molecule has 0 saturated heterocycles. The molecule has 7 nitrogen and oxygen atoms in total. The molecule has 2 heterocycles. The predicted octanol–water partition coefficient (Wildman–Crippen LogP) is 4.83. The zero-order valence-electron chi connectivity index (χ0n) is 14.7. The summed E-state index contributed by atoms with van der Waals surface area (Å²) in [7, 11) is 0. The van der Waals surface area contributed by atoms with Gasteiger partial charge in [-0.1, -0.05) is 23.5 Å². The van der Waals surface area contributed by atoms with Gasteiger partial charge in [-0.2, -0.15) is 0 Å². The molecule has 0 spiro atoms. The van der Waals surface area contributed by atoms with E-state index in [-0.39, 0.29) is 11.6 Å². The Kier molecular flexibility index (Phi) is 4.54. The topological polar surface area (TPSA) is 98.0 Å². The number of nitrogens with zero attached hydrogens (tertiary/aromatic N) is 3. The van der Waals surface area contributed by atoms with E-state index >= 15 is 0 Å². The number of anilines is 1. The van der Waals surface area contributed by atoms with Crippen molar-refractivity contribution >= 4 is 39.0 Å². The van der Waals surface area contributed by atoms with Crippen LogP contribution in [0.2, 0.25) is 0 Å². The number of nitrogens with one attached hydrogen (secondary N) is 1. The highest BCUT2D eigenvalue weighted by Gasteiger charge is 2.14. The van der Waals surface area contributed by atoms with Crippen LogP contribution in [0.15, 0.2) is 60.8 Å². The number of hydrogen-bond donors (Lipinski definition) is 1. The van der Waals surface area contributed by atoms with Crippen molar-refractivity contribution in [3.63, 3.8) is 0 Å². The SMILES string of the molecule is Cc1c(NC(=O)c2ccc([N+](=O)[O-])cc2)cccc1-c1nc2cccnc2s1. The average Bonchev–Trinajstić information content (AvgIpc) is 3.13. The van der Waals surface area contributed by atoms with Crippen LogP contribution >= 0.6 is 11.3 Å². The Balaban J connectivity index is 1.63. The maximum Gasteiger partial charge on any atom is 0.269 e. The molecule has 138 valence electrons. The second kappa shape index (κ2) is 7.16. The lowest BCUT2D eigenvalue weighted by Crippen LogP contribution is -2.13. The first-order valence-corrected chi connectivity index (χ1v) is 9.22. The first kappa shape index (κ1) is 17.7. The number of pyridine rings is 1. The van der Waals surface area contributed by atoms with Crippen LogP contribution in [0.1, 0.15) is 15.9 Å². The summed E-state index contributed by atoms with van der Waals surface area (Å²) in [6.07, 6.45) is 1.73. The van der Waals surface area contributed by atoms with Crippen LogP contribution < -0.4 is 5.32 Å². The number of carbonyl (C=O) groups is 1. The van der Waals surface area contributed by atoms with Gasteiger partial charge in [0.15, 0.2) is 0 Å². The highest BCUT2D eigenvalue weighted by atomic mass is 32.1. The van der Waals surface area contributed by atoms with Crippen molar-refractivity contribution in [2.75, 3.05) is 5.32 Å². The number of hydrogen-bond acceptors (Lipinski definition) is 6. The van der Waals surface area contributed by atoms with Crippen molar-refractivity contribution in [2.24, 2.45) is 0 Å². The molecule has 4 rings (SSSR count). The van der Waals surface area contributed by atoms with Gasteiger partial charge >= 0.3 is 0 Å². The van der Waals surface area contributed by atoms with Crippen molar-refractivity contribution in [3.05, 3.63) is 82.0 Å². The molecule has 0 aliphatic heterocycles. The fourth-order valence-electron chi connectivity index (χ4n) is 2.82. The smallest absolute Gasteiger partial charge is 0.269 e. The first-order valence-electron chi connectivity index (χ1n) is 8.40. The van der Waals surface area contributed by atoms with Gasteiger partial charge in [0.2, 0.25) is 0 Å². The minimum atomic E-state index is -0.498. The molecule has 0 bridgehead atoms. The largest absolute Gasteiger partial charge is 0.322 e. The number of non-ortho nitro benzene ring substituents is 1. The lowest BCUT2D eigenvalue weighted by molar-refractivity contribution is -0.384. The monoisotopic (exact) mass is 390 g/mol. The number of nitro benzene ring substituents is 1. The Morgan fingerprint density at radius 3 is 2.61 bits per heavy atom. The number of amides is 1. The Morgan fingerprint density at radius 1 is 1.11 bits per heavy atom. The van der Waals surface area contributed by atoms with Crippen LogP contribution in [0.25, 0.3) is 20.9 Å². The van der Waals surface area contributed by atoms with E-state index in [2.05, 4.69) is 15.3 Å². The first-order chi connectivity index (χ1) is 13.5. The summed E-state index contributed by atoms with van der Waals surface area (Å²) in [6, 6.07) is 14.9. The normalized spacial score (nSPS) is 10.8. The minimum absolute atomic E-state index is 0.0563. The molecule has 1 N–H and O–H groups in total. The zero-order valence-corrected chi connectivity index (χ0v) is 15.6. The molecule has 0 fully saturated rings. The molecule has 0 aliphatic carbocycles. The van der Waals surface area contributed by atoms with E-state index in [0.29, 0.717) is 11.3 Å². The third-order valence-corrected chi connectivity index (χ3v) is 5.33. The predicted molar refractivity (Wildman–Crippen MR) is 109 cm³/mol. The molecule has 2 aromatic carbocycles. The summed E-state index contributed by atoms with van der Waals surface area (Å²) in [5.74, 6) is -0.332. The van der Waals surface area contributed by atoms with Gasteiger partial charge in [-0.15, -0.1) is 0 Å². The van der Waals surface area contributed by atoms with E-state index in [9.17, 15) is 14.9 Å². The Hall–Kier alpha value is -3.65. The molecular weight excluding hydrogens is 376 g/mol. The summed E-state index contributed by atoms with van der Waals surface area (Å²) >= 11 is 1.49. The van der Waals surface area contributed by atoms with Crippen molar-refractivity contribution < 1.29 is 9.72 Å². The van der Waals surface area contributed by atoms with Crippen molar-refractivity contribution in [1.29, 1.82) is 0 Å². The minimum Gasteiger partial charge on any atom is -0.322 e. The summed E-state index contributed by atoms with van der Waals surface area (Å²) in [5, 5.41) is 14.5. The molecule has 1 amide bonds. The van der Waals surface area contributed by atoms with Gasteiger partial charge < -0.3 is 5.32 Å². The van der Waals surface area contributed by atoms with Gasteiger partial charge in [-0.25, -0.2) is 9.97 Å². The van der Waals surface area contributed by atoms with E-state index in [4.69, 9.17) is 0 Å². The summed E-state index contributed by atoms with van der Waals surface area (Å²) in [6.45, 7) is 1.92. The third kappa shape index (κ3) is 3.33. The molecule has 2 aromatic heterocycles. The Bertz CT molecular complexity index is 1170. The van der Waals surface area contributed by atoms with E-state index in [1.54, 1.807) is 6.20 Å². The van der Waals surface area contributed by atoms with Gasteiger partial charge in [-0.3, -0.25) is 14.9 Å². The molecule has 28 heavy (non-hydrogen) atoms. The third-order valence-electron chi connectivity index (χ3n) is 4.32. The van der Waals surface area contributed by atoms with E-state index < -0.39 is 4.92 Å². The summed E-state index contributed by atoms with van der Waals surface area (Å²) in [4.78, 5) is 32.6. The molecule has 0 saturated carbocycles. The number of aromatic nitrogens is 2. The van der Waals surface area contributed by atoms with E-state index in [0.717, 1.165) is 26.5 Å². The summed E-state index contributed by atoms with van der Waals surface area (Å²) in [5.41, 5.74) is 3.59. The van der Waals surface area contributed by atoms with Crippen LogP contribution in [-0.4, -0.2) is 20.8 Å². The molecule has 0 aliphatic rings. The fourth-order valence-corrected chi connectivity index (χ4v) is 3.81. The van der Waals surface area contributed by atoms with Crippen LogP contribution in [0.4, 0.5) is 11.4 Å². The maximum atomic E-state index is 12.5. The Morgan fingerprint density at radius 2 is 1.89 bits per heavy atom. The molecular formula is C20H14N4O3S. The van der Waals surface area contributed by atoms with Gasteiger partial charge in [-0.05, 0) is 42.8 Å². The number of nitro groups is 1. The van der Waals surface area contributed by atoms with Crippen LogP contribution in [0.5, 0.6) is 0 Å². The second-order valence-corrected chi connectivity index (χ2v) is 7.06. The molecule has 0 unspecified atom stereocenters. The molecule has 0 atom stereocenters. The van der Waals surface area contributed by atoms with Gasteiger partial charge in [0, 0.05) is 35.1 Å². The zero-order chi connectivity index (χ0) is 19.7. The Labute approximate surface area is 163 Å². The lowest BCUT2D eigenvalue weighted by Gasteiger charge is -2.11. The molecule has 8 heteroatoms. The van der Waals surface area contributed by atoms with Crippen LogP contribution in [0, 0.1) is 17.0 Å². The molecule has 0 radical (unpaired) electrons. The van der Waals surface area contributed by atoms with E-state index in [1.165, 1.54) is 35.6 Å². The maximum absolute atomic E-state index is 12.5. The van der Waals surface area contributed by atoms with Gasteiger partial charge in [0.25, 0.3) is 11.6 Å². The molecule has 4 aromatic rings. The van der Waals surface area contributed by atoms with Crippen molar-refractivity contribution in [2.45, 2.75) is 6.92 Å². The standard InChI is InChI=1S/C20H14N4O3S/c1-12-15(19-23-17-6-3-11-21-20(17)28-19)4-2-5-16(12)22-18(25)13-7-9-14(10-8-13)24(26)27/h2-11H,1H3,(H,22,25). The van der Waals surface area contributed by atoms with Gasteiger partial charge in [0.05, 0.1) is 4.92 Å². The van der Waals surface area contributed by atoms with Crippen LogP contribution in [-0.2, 0) is 0 Å². The van der Waals surface area contributed by atoms with Crippen LogP contribution in [0.3, 0.4) is 0 Å². The average molecular weight is 390 g/mol. The van der Waals surface area contributed by atoms with Crippen molar-refractivity contribution in [1.82, 2.24) is 9.97 Å². The lowest BCUT2D eigenvalue weighted by atomic mass is 10.1. The number of carbonyl (C=O) groups excluding carboxylic acids is 1. The summed E-state index contributed by atoms with van der Waals surface area (Å²) < 4.78 is 0. The number of rotatable bonds is 4. The van der Waals surface area contributed by atoms with E-state index in [1.807, 2.05) is 37.3 Å². The number of benzene rings is 2. The fraction of sp³-hybridized carbons (Fsp3) is 0.0500. The van der Waals surface area contributed by atoms with Crippen molar-refractivity contribution in [3.8, 4) is 10.6 Å². The highest BCUT2D eigenvalue weighted by Crippen LogP contribution is 2.33.